The Labute approximate surface area is 193 Å². The van der Waals surface area contributed by atoms with Gasteiger partial charge in [-0.3, -0.25) is 9.59 Å². The number of hydrogen-bond donors (Lipinski definition) is 2. The summed E-state index contributed by atoms with van der Waals surface area (Å²) in [5.74, 6) is -1.66. The zero-order valence-electron chi connectivity index (χ0n) is 19.3. The van der Waals surface area contributed by atoms with Crippen molar-refractivity contribution in [1.29, 1.82) is 0 Å². The Morgan fingerprint density at radius 2 is 1.79 bits per heavy atom. The molecule has 2 aromatic rings. The summed E-state index contributed by atoms with van der Waals surface area (Å²) < 4.78 is 10.5. The van der Waals surface area contributed by atoms with E-state index in [0.29, 0.717) is 30.0 Å². The van der Waals surface area contributed by atoms with Crippen molar-refractivity contribution >= 4 is 23.7 Å². The van der Waals surface area contributed by atoms with Crippen LogP contribution in [-0.4, -0.2) is 53.8 Å². The average Bonchev–Trinajstić information content (AvgIpc) is 2.77. The molecule has 0 aromatic heterocycles. The van der Waals surface area contributed by atoms with Crippen molar-refractivity contribution in [1.82, 2.24) is 4.90 Å². The lowest BCUT2D eigenvalue weighted by atomic mass is 9.80. The van der Waals surface area contributed by atoms with Gasteiger partial charge in [0.05, 0.1) is 13.0 Å². The first kappa shape index (κ1) is 24.1. The lowest BCUT2D eigenvalue weighted by Gasteiger charge is -2.37. The number of nitrogens with zero attached hydrogens (tertiary/aromatic N) is 1. The topological polar surface area (TPSA) is 105 Å². The van der Waals surface area contributed by atoms with Gasteiger partial charge in [0.2, 0.25) is 0 Å². The lowest BCUT2D eigenvalue weighted by Crippen LogP contribution is -2.47. The number of carbonyl (C=O) groups is 3. The normalized spacial score (nSPS) is 18.4. The maximum atomic E-state index is 12.6. The molecule has 3 rings (SSSR count). The van der Waals surface area contributed by atoms with Crippen molar-refractivity contribution in [3.8, 4) is 5.75 Å². The van der Waals surface area contributed by atoms with Crippen LogP contribution in [0.4, 0.5) is 10.5 Å². The minimum Gasteiger partial charge on any atom is -0.497 e. The van der Waals surface area contributed by atoms with E-state index in [9.17, 15) is 19.5 Å². The molecule has 8 nitrogen and oxygen atoms in total. The monoisotopic (exact) mass is 454 g/mol. The van der Waals surface area contributed by atoms with Gasteiger partial charge in [0.1, 0.15) is 11.4 Å². The molecule has 2 aromatic carbocycles. The predicted molar refractivity (Wildman–Crippen MR) is 124 cm³/mol. The average molecular weight is 455 g/mol. The number of ether oxygens (including phenoxy) is 2. The van der Waals surface area contributed by atoms with Crippen molar-refractivity contribution < 1.29 is 29.0 Å². The molecule has 0 saturated carbocycles. The van der Waals surface area contributed by atoms with Crippen molar-refractivity contribution in [2.24, 2.45) is 5.92 Å². The highest BCUT2D eigenvalue weighted by atomic mass is 16.6. The number of carbonyl (C=O) groups excluding carboxylic acids is 2. The number of aliphatic carboxylic acids is 1. The lowest BCUT2D eigenvalue weighted by molar-refractivity contribution is -0.144. The molecule has 2 amide bonds. The number of hydrogen-bond acceptors (Lipinski definition) is 5. The maximum Gasteiger partial charge on any atom is 0.410 e. The molecule has 1 aliphatic heterocycles. The van der Waals surface area contributed by atoms with Gasteiger partial charge < -0.3 is 24.8 Å². The summed E-state index contributed by atoms with van der Waals surface area (Å²) in [5, 5.41) is 12.7. The van der Waals surface area contributed by atoms with E-state index in [1.165, 1.54) is 4.90 Å². The molecular formula is C25H30N2O6. The number of anilines is 1. The molecule has 1 aliphatic rings. The van der Waals surface area contributed by atoms with E-state index in [0.717, 1.165) is 5.56 Å². The summed E-state index contributed by atoms with van der Waals surface area (Å²) >= 11 is 0. The third kappa shape index (κ3) is 6.25. The molecule has 0 bridgehead atoms. The number of nitrogens with one attached hydrogen (secondary N) is 1. The molecule has 0 radical (unpaired) electrons. The van der Waals surface area contributed by atoms with Crippen molar-refractivity contribution in [3.63, 3.8) is 0 Å². The third-order valence-electron chi connectivity index (χ3n) is 5.51. The first-order valence-corrected chi connectivity index (χ1v) is 10.8. The molecule has 1 heterocycles. The Balaban J connectivity index is 1.73. The Morgan fingerprint density at radius 3 is 2.39 bits per heavy atom. The first-order valence-electron chi connectivity index (χ1n) is 10.8. The van der Waals surface area contributed by atoms with E-state index in [1.54, 1.807) is 70.3 Å². The van der Waals surface area contributed by atoms with Gasteiger partial charge >= 0.3 is 12.1 Å². The fourth-order valence-electron chi connectivity index (χ4n) is 3.89. The Kier molecular flexibility index (Phi) is 7.26. The molecule has 0 aliphatic carbocycles. The molecule has 0 unspecified atom stereocenters. The van der Waals surface area contributed by atoms with E-state index < -0.39 is 23.6 Å². The van der Waals surface area contributed by atoms with Crippen LogP contribution < -0.4 is 10.1 Å². The Morgan fingerprint density at radius 1 is 1.09 bits per heavy atom. The smallest absolute Gasteiger partial charge is 0.410 e. The van der Waals surface area contributed by atoms with Gasteiger partial charge in [-0.1, -0.05) is 12.1 Å². The molecule has 2 atom stereocenters. The highest BCUT2D eigenvalue weighted by molar-refractivity contribution is 6.04. The molecular weight excluding hydrogens is 424 g/mol. The number of likely N-dealkylation sites (tertiary alicyclic amines) is 1. The molecule has 1 fully saturated rings. The molecule has 0 spiro atoms. The minimum absolute atomic E-state index is 0.0668. The zero-order valence-corrected chi connectivity index (χ0v) is 19.3. The number of carboxylic acid groups (broad SMARTS) is 1. The van der Waals surface area contributed by atoms with Gasteiger partial charge in [0.25, 0.3) is 5.91 Å². The molecule has 8 heteroatoms. The molecule has 33 heavy (non-hydrogen) atoms. The number of amides is 2. The van der Waals surface area contributed by atoms with Crippen LogP contribution in [0.2, 0.25) is 0 Å². The van der Waals surface area contributed by atoms with Crippen LogP contribution in [0.25, 0.3) is 0 Å². The van der Waals surface area contributed by atoms with Crippen LogP contribution in [-0.2, 0) is 9.53 Å². The second kappa shape index (κ2) is 9.94. The van der Waals surface area contributed by atoms with Crippen LogP contribution >= 0.6 is 0 Å². The first-order chi connectivity index (χ1) is 15.6. The van der Waals surface area contributed by atoms with Crippen LogP contribution in [0.15, 0.2) is 48.5 Å². The minimum atomic E-state index is -0.971. The zero-order chi connectivity index (χ0) is 24.2. The number of rotatable bonds is 5. The van der Waals surface area contributed by atoms with Crippen molar-refractivity contribution in [3.05, 3.63) is 59.7 Å². The largest absolute Gasteiger partial charge is 0.497 e. The van der Waals surface area contributed by atoms with Gasteiger partial charge in [-0.25, -0.2) is 4.79 Å². The number of benzene rings is 2. The summed E-state index contributed by atoms with van der Waals surface area (Å²) in [5.41, 5.74) is 1.21. The van der Waals surface area contributed by atoms with Crippen molar-refractivity contribution in [2.75, 3.05) is 25.5 Å². The fraction of sp³-hybridized carbons (Fsp3) is 0.400. The summed E-state index contributed by atoms with van der Waals surface area (Å²) in [6, 6.07) is 14.0. The predicted octanol–water partition coefficient (Wildman–Crippen LogP) is 4.37. The number of methoxy groups -OCH3 is 1. The van der Waals surface area contributed by atoms with Crippen LogP contribution in [0.5, 0.6) is 5.75 Å². The quantitative estimate of drug-likeness (QED) is 0.695. The molecule has 2 N–H and O–H groups in total. The van der Waals surface area contributed by atoms with Crippen LogP contribution in [0, 0.1) is 5.92 Å². The summed E-state index contributed by atoms with van der Waals surface area (Å²) in [7, 11) is 1.56. The van der Waals surface area contributed by atoms with Gasteiger partial charge in [0.15, 0.2) is 0 Å². The van der Waals surface area contributed by atoms with Gasteiger partial charge in [-0.05, 0) is 69.2 Å². The number of carboxylic acids is 1. The van der Waals surface area contributed by atoms with Gasteiger partial charge in [0, 0.05) is 30.3 Å². The highest BCUT2D eigenvalue weighted by Crippen LogP contribution is 2.35. The highest BCUT2D eigenvalue weighted by Gasteiger charge is 2.38. The fourth-order valence-corrected chi connectivity index (χ4v) is 3.89. The molecule has 176 valence electrons. The molecule has 1 saturated heterocycles. The third-order valence-corrected chi connectivity index (χ3v) is 5.51. The summed E-state index contributed by atoms with van der Waals surface area (Å²) in [6.07, 6.45) is -0.0285. The van der Waals surface area contributed by atoms with Gasteiger partial charge in [-0.2, -0.15) is 0 Å². The maximum absolute atomic E-state index is 12.6. The van der Waals surface area contributed by atoms with E-state index >= 15 is 0 Å². The summed E-state index contributed by atoms with van der Waals surface area (Å²) in [4.78, 5) is 38.5. The van der Waals surface area contributed by atoms with Gasteiger partial charge in [-0.15, -0.1) is 0 Å². The Hall–Kier alpha value is -3.55. The van der Waals surface area contributed by atoms with E-state index in [2.05, 4.69) is 5.32 Å². The number of piperidine rings is 1. The summed E-state index contributed by atoms with van der Waals surface area (Å²) in [6.45, 7) is 5.79. The van der Waals surface area contributed by atoms with Crippen molar-refractivity contribution in [2.45, 2.75) is 38.7 Å². The van der Waals surface area contributed by atoms with Crippen LogP contribution in [0.3, 0.4) is 0 Å². The van der Waals surface area contributed by atoms with E-state index in [1.807, 2.05) is 6.07 Å². The Bertz CT molecular complexity index is 1010. The van der Waals surface area contributed by atoms with Crippen LogP contribution in [0.1, 0.15) is 49.0 Å². The standard InChI is InChI=1S/C25H30N2O6/c1-25(2,3)33-24(31)27-13-12-20(21(15-27)23(29)30)17-6-5-7-18(14-17)26-22(28)16-8-10-19(32-4)11-9-16/h5-11,14,20-21H,12-13,15H2,1-4H3,(H,26,28)(H,29,30)/t20-,21+/m1/s1. The second-order valence-electron chi connectivity index (χ2n) is 9.07. The second-order valence-corrected chi connectivity index (χ2v) is 9.07. The van der Waals surface area contributed by atoms with E-state index in [4.69, 9.17) is 9.47 Å². The SMILES string of the molecule is COc1ccc(C(=O)Nc2cccc([C@H]3CCN(C(=O)OC(C)(C)C)C[C@@H]3C(=O)O)c2)cc1. The van der Waals surface area contributed by atoms with E-state index in [-0.39, 0.29) is 18.4 Å².